The molecule has 3 aliphatic heterocycles. The zero-order valence-electron chi connectivity index (χ0n) is 21.6. The smallest absolute Gasteiger partial charge is 0.223 e. The summed E-state index contributed by atoms with van der Waals surface area (Å²) in [7, 11) is -2.85. The van der Waals surface area contributed by atoms with E-state index in [2.05, 4.69) is 33.9 Å². The minimum absolute atomic E-state index is 0.0274. The normalized spacial score (nSPS) is 37.2. The van der Waals surface area contributed by atoms with Gasteiger partial charge in [-0.15, -0.1) is 0 Å². The number of aryl methyl sites for hydroxylation is 1. The maximum absolute atomic E-state index is 12.7. The van der Waals surface area contributed by atoms with E-state index in [1.54, 1.807) is 0 Å². The second-order valence-electron chi connectivity index (χ2n) is 11.7. The molecule has 7 atom stereocenters. The van der Waals surface area contributed by atoms with Crippen LogP contribution in [0.5, 0.6) is 0 Å². The van der Waals surface area contributed by atoms with Gasteiger partial charge in [0.1, 0.15) is 9.84 Å². The number of carbonyl (C=O) groups is 1. The first-order valence-corrected chi connectivity index (χ1v) is 15.6. The van der Waals surface area contributed by atoms with E-state index in [4.69, 9.17) is 4.74 Å². The van der Waals surface area contributed by atoms with Crippen LogP contribution in [0.15, 0.2) is 18.5 Å². The SMILES string of the molecule is Cc1cncc(C2CCC(N[C@@H]3CCNC[C@H]3OCC3CCS(=O)(=O)CC3)C3NC(=O)C(C)CC23)c1. The molecular weight excluding hydrogens is 476 g/mol. The van der Waals surface area contributed by atoms with Gasteiger partial charge in [0.25, 0.3) is 0 Å². The van der Waals surface area contributed by atoms with E-state index in [0.717, 1.165) is 38.8 Å². The zero-order valence-corrected chi connectivity index (χ0v) is 22.4. The Labute approximate surface area is 215 Å². The second kappa shape index (κ2) is 11.1. The van der Waals surface area contributed by atoms with Gasteiger partial charge < -0.3 is 20.7 Å². The Balaban J connectivity index is 1.25. The number of piperidine rings is 2. The fourth-order valence-corrected chi connectivity index (χ4v) is 8.45. The van der Waals surface area contributed by atoms with Crippen molar-refractivity contribution >= 4 is 15.7 Å². The third-order valence-electron chi connectivity index (χ3n) is 8.98. The molecule has 0 radical (unpaired) electrons. The molecule has 5 rings (SSSR count). The van der Waals surface area contributed by atoms with Gasteiger partial charge in [0.15, 0.2) is 0 Å². The summed E-state index contributed by atoms with van der Waals surface area (Å²) in [6.45, 7) is 6.50. The summed E-state index contributed by atoms with van der Waals surface area (Å²) in [6, 6.07) is 2.80. The van der Waals surface area contributed by atoms with Gasteiger partial charge in [0.2, 0.25) is 5.91 Å². The van der Waals surface area contributed by atoms with Crippen molar-refractivity contribution in [1.29, 1.82) is 0 Å². The highest BCUT2D eigenvalue weighted by molar-refractivity contribution is 7.91. The molecule has 4 fully saturated rings. The molecule has 200 valence electrons. The molecule has 3 N–H and O–H groups in total. The van der Waals surface area contributed by atoms with Gasteiger partial charge in [-0.25, -0.2) is 8.42 Å². The van der Waals surface area contributed by atoms with E-state index >= 15 is 0 Å². The molecule has 8 nitrogen and oxygen atoms in total. The largest absolute Gasteiger partial charge is 0.375 e. The van der Waals surface area contributed by atoms with Gasteiger partial charge in [-0.3, -0.25) is 9.78 Å². The lowest BCUT2D eigenvalue weighted by Crippen LogP contribution is -2.65. The van der Waals surface area contributed by atoms with Crippen LogP contribution in [0, 0.1) is 24.7 Å². The molecule has 5 unspecified atom stereocenters. The molecule has 36 heavy (non-hydrogen) atoms. The summed E-state index contributed by atoms with van der Waals surface area (Å²) in [6.07, 6.45) is 9.34. The van der Waals surface area contributed by atoms with E-state index in [1.807, 2.05) is 19.3 Å². The molecule has 3 saturated heterocycles. The van der Waals surface area contributed by atoms with Crippen LogP contribution in [0.4, 0.5) is 0 Å². The number of sulfone groups is 1. The number of amides is 1. The lowest BCUT2D eigenvalue weighted by Gasteiger charge is -2.49. The van der Waals surface area contributed by atoms with E-state index < -0.39 is 9.84 Å². The minimum Gasteiger partial charge on any atom is -0.375 e. The van der Waals surface area contributed by atoms with Gasteiger partial charge in [-0.1, -0.05) is 13.0 Å². The monoisotopic (exact) mass is 518 g/mol. The fourth-order valence-electron chi connectivity index (χ4n) is 6.86. The lowest BCUT2D eigenvalue weighted by atomic mass is 9.65. The summed E-state index contributed by atoms with van der Waals surface area (Å²) in [4.78, 5) is 17.2. The van der Waals surface area contributed by atoms with E-state index in [9.17, 15) is 13.2 Å². The predicted molar refractivity (Wildman–Crippen MR) is 139 cm³/mol. The van der Waals surface area contributed by atoms with Gasteiger partial charge in [-0.05, 0) is 80.9 Å². The number of pyridine rings is 1. The Morgan fingerprint density at radius 2 is 1.92 bits per heavy atom. The van der Waals surface area contributed by atoms with Crippen molar-refractivity contribution in [3.05, 3.63) is 29.6 Å². The van der Waals surface area contributed by atoms with Crippen LogP contribution in [0.3, 0.4) is 0 Å². The number of nitrogens with one attached hydrogen (secondary N) is 3. The van der Waals surface area contributed by atoms with E-state index in [1.165, 1.54) is 11.1 Å². The highest BCUT2D eigenvalue weighted by Crippen LogP contribution is 2.43. The Kier molecular flexibility index (Phi) is 8.01. The van der Waals surface area contributed by atoms with Crippen LogP contribution in [0.2, 0.25) is 0 Å². The molecule has 1 aromatic rings. The zero-order chi connectivity index (χ0) is 25.3. The van der Waals surface area contributed by atoms with Crippen molar-refractivity contribution in [3.8, 4) is 0 Å². The minimum atomic E-state index is -2.85. The number of ether oxygens (including phenoxy) is 1. The van der Waals surface area contributed by atoms with Gasteiger partial charge in [0.05, 0.1) is 17.6 Å². The van der Waals surface area contributed by atoms with Crippen LogP contribution in [-0.2, 0) is 19.4 Å². The molecule has 0 bridgehead atoms. The number of rotatable bonds is 6. The molecule has 0 spiro atoms. The molecule has 4 heterocycles. The average molecular weight is 519 g/mol. The number of aromatic nitrogens is 1. The number of nitrogens with zero attached hydrogens (tertiary/aromatic N) is 1. The van der Waals surface area contributed by atoms with Gasteiger partial charge >= 0.3 is 0 Å². The highest BCUT2D eigenvalue weighted by Gasteiger charge is 2.46. The molecule has 1 aromatic heterocycles. The Hall–Kier alpha value is -1.55. The summed E-state index contributed by atoms with van der Waals surface area (Å²) in [5.74, 6) is 1.87. The molecule has 1 saturated carbocycles. The highest BCUT2D eigenvalue weighted by atomic mass is 32.2. The first-order chi connectivity index (χ1) is 17.3. The first-order valence-electron chi connectivity index (χ1n) is 13.8. The van der Waals surface area contributed by atoms with E-state index in [-0.39, 0.29) is 47.6 Å². The second-order valence-corrected chi connectivity index (χ2v) is 14.0. The van der Waals surface area contributed by atoms with Crippen molar-refractivity contribution in [2.75, 3.05) is 31.2 Å². The Morgan fingerprint density at radius 3 is 2.69 bits per heavy atom. The van der Waals surface area contributed by atoms with Crippen molar-refractivity contribution in [3.63, 3.8) is 0 Å². The maximum Gasteiger partial charge on any atom is 0.223 e. The van der Waals surface area contributed by atoms with Crippen LogP contribution in [0.25, 0.3) is 0 Å². The standard InChI is InChI=1S/C27H42N4O4S/c1-17-11-20(14-29-13-17)21-3-4-24(26-22(21)12-18(2)27(32)31-26)30-23-5-8-28-15-25(23)35-16-19-6-9-36(33,34)10-7-19/h11,13-14,18-19,21-26,28,30H,3-10,12,15-16H2,1-2H3,(H,31,32)/t18?,21?,22?,23-,24?,25-,26?/m1/s1. The topological polar surface area (TPSA) is 109 Å². The lowest BCUT2D eigenvalue weighted by molar-refractivity contribution is -0.130. The predicted octanol–water partition coefficient (Wildman–Crippen LogP) is 1.94. The third kappa shape index (κ3) is 5.95. The van der Waals surface area contributed by atoms with Crippen LogP contribution in [-0.4, -0.2) is 74.7 Å². The Morgan fingerprint density at radius 1 is 1.11 bits per heavy atom. The molecule has 1 amide bonds. The summed E-state index contributed by atoms with van der Waals surface area (Å²) >= 11 is 0. The van der Waals surface area contributed by atoms with Crippen molar-refractivity contribution < 1.29 is 17.9 Å². The van der Waals surface area contributed by atoms with Crippen molar-refractivity contribution in [1.82, 2.24) is 20.9 Å². The Bertz CT molecular complexity index is 1020. The number of fused-ring (bicyclic) bond motifs is 1. The number of hydrogen-bond acceptors (Lipinski definition) is 7. The summed E-state index contributed by atoms with van der Waals surface area (Å²) in [5.41, 5.74) is 2.48. The van der Waals surface area contributed by atoms with Crippen LogP contribution in [0.1, 0.15) is 62.5 Å². The number of carbonyl (C=O) groups excluding carboxylic acids is 1. The van der Waals surface area contributed by atoms with Gasteiger partial charge in [-0.2, -0.15) is 0 Å². The van der Waals surface area contributed by atoms with E-state index in [0.29, 0.717) is 37.2 Å². The quantitative estimate of drug-likeness (QED) is 0.528. The van der Waals surface area contributed by atoms with Crippen molar-refractivity contribution in [2.45, 2.75) is 82.5 Å². The summed E-state index contributed by atoms with van der Waals surface area (Å²) < 4.78 is 29.9. The number of hydrogen-bond donors (Lipinski definition) is 3. The van der Waals surface area contributed by atoms with Crippen molar-refractivity contribution in [2.24, 2.45) is 17.8 Å². The third-order valence-corrected chi connectivity index (χ3v) is 10.7. The molecule has 4 aliphatic rings. The summed E-state index contributed by atoms with van der Waals surface area (Å²) in [5, 5.41) is 10.8. The molecule has 0 aromatic carbocycles. The molecule has 1 aliphatic carbocycles. The molecular formula is C27H42N4O4S. The van der Waals surface area contributed by atoms with Crippen LogP contribution < -0.4 is 16.0 Å². The maximum atomic E-state index is 12.7. The average Bonchev–Trinajstić information content (AvgIpc) is 2.85. The molecule has 9 heteroatoms. The van der Waals surface area contributed by atoms with Gasteiger partial charge in [0, 0.05) is 49.6 Å². The first kappa shape index (κ1) is 26.1. The van der Waals surface area contributed by atoms with Crippen LogP contribution >= 0.6 is 0 Å². The fraction of sp³-hybridized carbons (Fsp3) is 0.778.